The predicted octanol–water partition coefficient (Wildman–Crippen LogP) is 4.13. The fraction of sp³-hybridized carbons (Fsp3) is 0.375. The van der Waals surface area contributed by atoms with Crippen molar-refractivity contribution in [3.05, 3.63) is 66.0 Å². The van der Waals surface area contributed by atoms with Crippen LogP contribution in [0.5, 0.6) is 0 Å². The van der Waals surface area contributed by atoms with Crippen LogP contribution in [0.25, 0.3) is 5.57 Å². The van der Waals surface area contributed by atoms with Gasteiger partial charge in [-0.2, -0.15) is 0 Å². The van der Waals surface area contributed by atoms with Gasteiger partial charge in [0.05, 0.1) is 6.26 Å². The Kier molecular flexibility index (Phi) is 9.16. The van der Waals surface area contributed by atoms with E-state index in [-0.39, 0.29) is 17.8 Å². The third kappa shape index (κ3) is 10.3. The van der Waals surface area contributed by atoms with Crippen LogP contribution in [0.3, 0.4) is 0 Å². The third-order valence-corrected chi connectivity index (χ3v) is 4.91. The Balaban J connectivity index is 2.35. The maximum atomic E-state index is 11.8. The molecule has 3 N–H and O–H groups in total. The Hall–Kier alpha value is -3.20. The monoisotopic (exact) mass is 472 g/mol. The second-order valence-corrected chi connectivity index (χ2v) is 10.6. The molecular weight excluding hydrogens is 440 g/mol. The molecule has 0 saturated heterocycles. The Bertz CT molecular complexity index is 1100. The van der Waals surface area contributed by atoms with E-state index in [9.17, 15) is 13.2 Å². The number of benzene rings is 1. The van der Waals surface area contributed by atoms with E-state index >= 15 is 0 Å². The molecule has 33 heavy (non-hydrogen) atoms. The zero-order valence-electron chi connectivity index (χ0n) is 19.5. The average molecular weight is 473 g/mol. The fourth-order valence-corrected chi connectivity index (χ4v) is 3.38. The van der Waals surface area contributed by atoms with Crippen molar-refractivity contribution in [2.24, 2.45) is 9.81 Å². The summed E-state index contributed by atoms with van der Waals surface area (Å²) in [5.74, 6) is -0.670. The second-order valence-electron chi connectivity index (χ2n) is 8.94. The number of aliphatic carboxylic acids is 1. The number of hydrogen-bond acceptors (Lipinski definition) is 4. The average Bonchev–Trinajstić information content (AvgIpc) is 2.71. The van der Waals surface area contributed by atoms with E-state index in [4.69, 9.17) is 5.11 Å². The molecule has 1 aromatic heterocycles. The Labute approximate surface area is 195 Å². The molecule has 0 spiro atoms. The van der Waals surface area contributed by atoms with Gasteiger partial charge in [-0.25, -0.2) is 8.42 Å². The lowest BCUT2D eigenvalue weighted by Crippen LogP contribution is -2.37. The summed E-state index contributed by atoms with van der Waals surface area (Å²) < 4.78 is 27.4. The first-order chi connectivity index (χ1) is 15.4. The number of pyridine rings is 1. The summed E-state index contributed by atoms with van der Waals surface area (Å²) >= 11 is 0. The number of carbonyl (C=O) groups is 1. The van der Waals surface area contributed by atoms with Crippen LogP contribution in [0.1, 0.15) is 51.2 Å². The molecule has 178 valence electrons. The highest BCUT2D eigenvalue weighted by Gasteiger charge is 2.13. The van der Waals surface area contributed by atoms with Gasteiger partial charge in [-0.1, -0.05) is 45.0 Å². The number of unbranched alkanes of at least 4 members (excludes halogenated alkanes) is 1. The smallest absolute Gasteiger partial charge is 0.303 e. The minimum atomic E-state index is -3.61. The Morgan fingerprint density at radius 2 is 1.91 bits per heavy atom. The van der Waals surface area contributed by atoms with Gasteiger partial charge in [0.1, 0.15) is 0 Å². The summed E-state index contributed by atoms with van der Waals surface area (Å²) in [6.45, 7) is 6.63. The topological polar surface area (TPSA) is 121 Å². The van der Waals surface area contributed by atoms with E-state index in [2.05, 4.69) is 20.0 Å². The van der Waals surface area contributed by atoms with Crippen LogP contribution in [-0.4, -0.2) is 43.2 Å². The molecule has 0 saturated carbocycles. The zero-order chi connectivity index (χ0) is 24.5. The van der Waals surface area contributed by atoms with Gasteiger partial charge in [-0.3, -0.25) is 9.78 Å². The maximum Gasteiger partial charge on any atom is 0.303 e. The molecule has 0 radical (unpaired) electrons. The molecule has 2 aromatic rings. The lowest BCUT2D eigenvalue weighted by atomic mass is 9.97. The highest BCUT2D eigenvalue weighted by atomic mass is 32.2. The summed E-state index contributed by atoms with van der Waals surface area (Å²) in [5.41, 5.74) is 3.30. The molecule has 0 unspecified atom stereocenters. The number of anilines is 1. The van der Waals surface area contributed by atoms with Gasteiger partial charge in [0.15, 0.2) is 0 Å². The van der Waals surface area contributed by atoms with Crippen LogP contribution in [0.4, 0.5) is 5.69 Å². The second kappa shape index (κ2) is 11.6. The van der Waals surface area contributed by atoms with Crippen molar-refractivity contribution in [1.82, 2.24) is 10.3 Å². The molecular formula is C24H32N4O4S. The molecule has 0 aliphatic carbocycles. The van der Waals surface area contributed by atoms with Crippen molar-refractivity contribution in [3.63, 3.8) is 0 Å². The first-order valence-electron chi connectivity index (χ1n) is 10.7. The first-order valence-corrected chi connectivity index (χ1v) is 12.5. The van der Waals surface area contributed by atoms with E-state index in [1.54, 1.807) is 12.4 Å². The van der Waals surface area contributed by atoms with E-state index in [1.165, 1.54) is 0 Å². The van der Waals surface area contributed by atoms with Gasteiger partial charge in [-0.15, -0.1) is 4.40 Å². The molecule has 9 heteroatoms. The Morgan fingerprint density at radius 1 is 1.18 bits per heavy atom. The normalized spacial score (nSPS) is 13.0. The maximum absolute atomic E-state index is 11.8. The number of nitrogens with one attached hydrogen (secondary N) is 2. The van der Waals surface area contributed by atoms with Gasteiger partial charge >= 0.3 is 5.97 Å². The van der Waals surface area contributed by atoms with Crippen LogP contribution in [0, 0.1) is 5.41 Å². The van der Waals surface area contributed by atoms with Crippen molar-refractivity contribution in [2.75, 3.05) is 18.1 Å². The van der Waals surface area contributed by atoms with Crippen molar-refractivity contribution in [3.8, 4) is 0 Å². The van der Waals surface area contributed by atoms with E-state index in [0.29, 0.717) is 25.1 Å². The minimum Gasteiger partial charge on any atom is -0.481 e. The van der Waals surface area contributed by atoms with Gasteiger partial charge in [0, 0.05) is 36.6 Å². The van der Waals surface area contributed by atoms with Gasteiger partial charge in [0.25, 0.3) is 10.0 Å². The summed E-state index contributed by atoms with van der Waals surface area (Å²) in [4.78, 5) is 15.0. The quantitative estimate of drug-likeness (QED) is 0.285. The van der Waals surface area contributed by atoms with E-state index < -0.39 is 16.0 Å². The molecule has 1 heterocycles. The number of carboxylic acid groups (broad SMARTS) is 1. The Morgan fingerprint density at radius 3 is 2.52 bits per heavy atom. The summed E-state index contributed by atoms with van der Waals surface area (Å²) in [7, 11) is -3.61. The lowest BCUT2D eigenvalue weighted by Gasteiger charge is -2.21. The zero-order valence-corrected chi connectivity index (χ0v) is 20.3. The molecule has 0 fully saturated rings. The van der Waals surface area contributed by atoms with Crippen molar-refractivity contribution >= 4 is 33.2 Å². The van der Waals surface area contributed by atoms with Crippen LogP contribution in [0.15, 0.2) is 59.3 Å². The molecule has 0 atom stereocenters. The number of guanidine groups is 1. The van der Waals surface area contributed by atoms with Gasteiger partial charge in [-0.05, 0) is 47.6 Å². The molecule has 0 aliphatic heterocycles. The van der Waals surface area contributed by atoms with Crippen molar-refractivity contribution in [2.45, 2.75) is 40.0 Å². The number of allylic oxidation sites excluding steroid dienone is 1. The van der Waals surface area contributed by atoms with Gasteiger partial charge in [0.2, 0.25) is 5.96 Å². The largest absolute Gasteiger partial charge is 0.481 e. The third-order valence-electron chi connectivity index (χ3n) is 4.40. The van der Waals surface area contributed by atoms with Gasteiger partial charge < -0.3 is 15.7 Å². The van der Waals surface area contributed by atoms with Crippen molar-refractivity contribution < 1.29 is 18.3 Å². The molecule has 0 bridgehead atoms. The van der Waals surface area contributed by atoms with Crippen molar-refractivity contribution in [1.29, 1.82) is 0 Å². The highest BCUT2D eigenvalue weighted by molar-refractivity contribution is 7.89. The first kappa shape index (κ1) is 26.1. The number of rotatable bonds is 9. The summed E-state index contributed by atoms with van der Waals surface area (Å²) in [5, 5.41) is 15.1. The number of hydrogen-bond donors (Lipinski definition) is 3. The number of aromatic nitrogens is 1. The van der Waals surface area contributed by atoms with Crippen LogP contribution in [-0.2, 0) is 14.8 Å². The lowest BCUT2D eigenvalue weighted by molar-refractivity contribution is -0.137. The minimum absolute atomic E-state index is 0.0754. The number of carboxylic acids is 1. The summed E-state index contributed by atoms with van der Waals surface area (Å²) in [6, 6.07) is 11.3. The molecule has 0 amide bonds. The fourth-order valence-electron chi connectivity index (χ4n) is 2.94. The van der Waals surface area contributed by atoms with Crippen LogP contribution in [0.2, 0.25) is 0 Å². The van der Waals surface area contributed by atoms with E-state index in [1.807, 2.05) is 63.2 Å². The SMILES string of the molecule is CC(C)(C)CN/C(=N/S(C)(=O)=O)Nc1cccc(/C(=C\CCCC(=O)O)c2cccnc2)c1. The standard InChI is InChI=1S/C24H32N4O4S/c1-24(2,3)17-26-23(28-33(4,31)32)27-20-11-7-9-18(15-20)21(12-5-6-13-22(29)30)19-10-8-14-25-16-19/h7-12,14-16H,5-6,13,17H2,1-4H3,(H,29,30)(H2,26,27,28)/b21-12+. The molecule has 2 rings (SSSR count). The van der Waals surface area contributed by atoms with Crippen LogP contribution < -0.4 is 10.6 Å². The number of nitrogens with zero attached hydrogens (tertiary/aromatic N) is 2. The summed E-state index contributed by atoms with van der Waals surface area (Å²) in [6.07, 6.45) is 7.72. The predicted molar refractivity (Wildman–Crippen MR) is 133 cm³/mol. The highest BCUT2D eigenvalue weighted by Crippen LogP contribution is 2.26. The molecule has 1 aromatic carbocycles. The number of sulfonamides is 1. The molecule has 8 nitrogen and oxygen atoms in total. The van der Waals surface area contributed by atoms with E-state index in [0.717, 1.165) is 23.0 Å². The van der Waals surface area contributed by atoms with Crippen LogP contribution >= 0.6 is 0 Å². The molecule has 0 aliphatic rings.